The Balaban J connectivity index is 2.10. The predicted octanol–water partition coefficient (Wildman–Crippen LogP) is 6.76. The zero-order valence-corrected chi connectivity index (χ0v) is 21.4. The molecular formula is C25H27Cl2NO4S. The number of halogens is 2. The summed E-state index contributed by atoms with van der Waals surface area (Å²) in [6.07, 6.45) is 3.07. The van der Waals surface area contributed by atoms with Crippen molar-refractivity contribution in [3.63, 3.8) is 0 Å². The van der Waals surface area contributed by atoms with Gasteiger partial charge in [-0.1, -0.05) is 35.0 Å². The van der Waals surface area contributed by atoms with Crippen LogP contribution < -0.4 is 4.90 Å². The molecule has 0 radical (unpaired) electrons. The number of carboxylic acids is 1. The summed E-state index contributed by atoms with van der Waals surface area (Å²) in [7, 11) is 1.68. The zero-order chi connectivity index (χ0) is 24.3. The molecule has 5 nitrogen and oxygen atoms in total. The maximum Gasteiger partial charge on any atom is 0.348 e. The molecule has 0 bridgehead atoms. The summed E-state index contributed by atoms with van der Waals surface area (Å²) >= 11 is 13.5. The smallest absolute Gasteiger partial charge is 0.348 e. The van der Waals surface area contributed by atoms with Crippen LogP contribution in [-0.4, -0.2) is 36.2 Å². The summed E-state index contributed by atoms with van der Waals surface area (Å²) < 4.78 is 5.48. The Labute approximate surface area is 208 Å². The normalized spacial score (nSPS) is 18.4. The number of carbonyl (C=O) groups is 2. The van der Waals surface area contributed by atoms with E-state index in [-0.39, 0.29) is 38.9 Å². The minimum absolute atomic E-state index is 0.0838. The number of ether oxygens (including phenoxy) is 1. The molecule has 3 rings (SSSR count). The molecule has 0 atom stereocenters. The summed E-state index contributed by atoms with van der Waals surface area (Å²) in [4.78, 5) is 28.2. The van der Waals surface area contributed by atoms with Crippen molar-refractivity contribution in [3.8, 4) is 11.8 Å². The number of hydrogen-bond donors (Lipinski definition) is 1. The first-order chi connectivity index (χ1) is 15.5. The van der Waals surface area contributed by atoms with E-state index in [9.17, 15) is 14.7 Å². The average molecular weight is 508 g/mol. The van der Waals surface area contributed by atoms with Crippen LogP contribution in [0, 0.1) is 17.3 Å². The van der Waals surface area contributed by atoms with Gasteiger partial charge in [-0.25, -0.2) is 4.79 Å². The second kappa shape index (κ2) is 10.5. The summed E-state index contributed by atoms with van der Waals surface area (Å²) in [5.74, 6) is 4.77. The van der Waals surface area contributed by atoms with Crippen molar-refractivity contribution < 1.29 is 19.4 Å². The highest BCUT2D eigenvalue weighted by molar-refractivity contribution is 7.15. The molecule has 1 aromatic heterocycles. The molecule has 1 N–H and O–H groups in total. The van der Waals surface area contributed by atoms with Crippen molar-refractivity contribution in [2.45, 2.75) is 58.6 Å². The highest BCUT2D eigenvalue weighted by atomic mass is 35.5. The molecule has 1 aliphatic rings. The first-order valence-corrected chi connectivity index (χ1v) is 12.3. The van der Waals surface area contributed by atoms with Gasteiger partial charge in [0.2, 0.25) is 0 Å². The van der Waals surface area contributed by atoms with Gasteiger partial charge in [-0.15, -0.1) is 11.3 Å². The van der Waals surface area contributed by atoms with Crippen molar-refractivity contribution in [1.82, 2.24) is 0 Å². The number of anilines is 1. The molecule has 1 heterocycles. The summed E-state index contributed by atoms with van der Waals surface area (Å²) in [6.45, 7) is 5.96. The van der Waals surface area contributed by atoms with Gasteiger partial charge in [0.15, 0.2) is 0 Å². The molecule has 1 aliphatic carbocycles. The van der Waals surface area contributed by atoms with Gasteiger partial charge in [-0.3, -0.25) is 4.79 Å². The Morgan fingerprint density at radius 3 is 2.36 bits per heavy atom. The second-order valence-electron chi connectivity index (χ2n) is 9.10. The zero-order valence-electron chi connectivity index (χ0n) is 19.1. The maximum atomic E-state index is 13.8. The fraction of sp³-hybridized carbons (Fsp3) is 0.440. The molecule has 1 aromatic carbocycles. The monoisotopic (exact) mass is 507 g/mol. The third kappa shape index (κ3) is 6.30. The Hall–Kier alpha value is -2.04. The highest BCUT2D eigenvalue weighted by Crippen LogP contribution is 2.37. The molecule has 2 aromatic rings. The van der Waals surface area contributed by atoms with Crippen molar-refractivity contribution in [2.24, 2.45) is 5.41 Å². The van der Waals surface area contributed by atoms with E-state index in [1.165, 1.54) is 6.07 Å². The Morgan fingerprint density at radius 2 is 1.82 bits per heavy atom. The van der Waals surface area contributed by atoms with Crippen LogP contribution in [0.15, 0.2) is 24.3 Å². The van der Waals surface area contributed by atoms with Crippen LogP contribution in [0.2, 0.25) is 10.0 Å². The number of thiophene rings is 1. The number of methoxy groups -OCH3 is 1. The quantitative estimate of drug-likeness (QED) is 0.454. The Kier molecular flexibility index (Phi) is 8.13. The van der Waals surface area contributed by atoms with Crippen LogP contribution in [0.1, 0.15) is 71.4 Å². The maximum absolute atomic E-state index is 13.8. The van der Waals surface area contributed by atoms with Crippen LogP contribution >= 0.6 is 34.5 Å². The molecule has 33 heavy (non-hydrogen) atoms. The third-order valence-electron chi connectivity index (χ3n) is 5.45. The third-order valence-corrected chi connectivity index (χ3v) is 7.03. The van der Waals surface area contributed by atoms with Gasteiger partial charge >= 0.3 is 5.97 Å². The molecule has 8 heteroatoms. The molecule has 1 saturated carbocycles. The second-order valence-corrected chi connectivity index (χ2v) is 11.0. The van der Waals surface area contributed by atoms with Crippen molar-refractivity contribution in [3.05, 3.63) is 49.6 Å². The molecular weight excluding hydrogens is 481 g/mol. The van der Waals surface area contributed by atoms with Crippen LogP contribution in [0.3, 0.4) is 0 Å². The van der Waals surface area contributed by atoms with Gasteiger partial charge in [0.1, 0.15) is 4.88 Å². The number of hydrogen-bond acceptors (Lipinski definition) is 4. The first kappa shape index (κ1) is 25.6. The molecule has 176 valence electrons. The van der Waals surface area contributed by atoms with E-state index in [1.54, 1.807) is 30.2 Å². The fourth-order valence-corrected chi connectivity index (χ4v) is 5.16. The largest absolute Gasteiger partial charge is 0.477 e. The number of carboxylic acid groups (broad SMARTS) is 1. The van der Waals surface area contributed by atoms with E-state index < -0.39 is 5.97 Å². The predicted molar refractivity (Wildman–Crippen MR) is 134 cm³/mol. The molecule has 0 saturated heterocycles. The SMILES string of the molecule is CO[C@H]1CC[C@H](N(C(=O)c2ccc(Cl)cc2Cl)c2cc(C#CC(C)(C)C)sc2C(=O)O)CC1. The van der Waals surface area contributed by atoms with E-state index >= 15 is 0 Å². The average Bonchev–Trinajstić information content (AvgIpc) is 3.16. The minimum atomic E-state index is -1.09. The van der Waals surface area contributed by atoms with Gasteiger partial charge in [0.05, 0.1) is 27.3 Å². The standard InChI is InChI=1S/C25H27Cl2NO4S/c1-25(2,3)12-11-18-14-21(22(33-18)24(30)31)28(16-6-8-17(32-4)9-7-16)23(29)19-10-5-15(26)13-20(19)27/h5,10,13-14,16-17H,6-9H2,1-4H3,(H,30,31)/t16-,17-. The van der Waals surface area contributed by atoms with E-state index in [2.05, 4.69) is 11.8 Å². The Bertz CT molecular complexity index is 1100. The van der Waals surface area contributed by atoms with Gasteiger partial charge < -0.3 is 14.7 Å². The number of aromatic carboxylic acids is 1. The number of benzene rings is 1. The van der Waals surface area contributed by atoms with Crippen molar-refractivity contribution >= 4 is 52.1 Å². The van der Waals surface area contributed by atoms with Gasteiger partial charge in [0, 0.05) is 23.6 Å². The summed E-state index contributed by atoms with van der Waals surface area (Å²) in [6, 6.07) is 6.21. The van der Waals surface area contributed by atoms with Crippen molar-refractivity contribution in [2.75, 3.05) is 12.0 Å². The number of amides is 1. The summed E-state index contributed by atoms with van der Waals surface area (Å²) in [5.41, 5.74) is 0.390. The Morgan fingerprint density at radius 1 is 1.15 bits per heavy atom. The van der Waals surface area contributed by atoms with Gasteiger partial charge in [0.25, 0.3) is 5.91 Å². The lowest BCUT2D eigenvalue weighted by Crippen LogP contribution is -2.44. The molecule has 1 amide bonds. The molecule has 1 fully saturated rings. The number of rotatable bonds is 5. The molecule has 0 unspecified atom stereocenters. The first-order valence-electron chi connectivity index (χ1n) is 10.7. The van der Waals surface area contributed by atoms with Crippen LogP contribution in [0.25, 0.3) is 0 Å². The van der Waals surface area contributed by atoms with E-state index in [0.29, 0.717) is 28.4 Å². The lowest BCUT2D eigenvalue weighted by atomic mass is 9.91. The highest BCUT2D eigenvalue weighted by Gasteiger charge is 2.34. The lowest BCUT2D eigenvalue weighted by molar-refractivity contribution is 0.0635. The van der Waals surface area contributed by atoms with E-state index in [1.807, 2.05) is 20.8 Å². The van der Waals surface area contributed by atoms with Crippen molar-refractivity contribution in [1.29, 1.82) is 0 Å². The minimum Gasteiger partial charge on any atom is -0.477 e. The van der Waals surface area contributed by atoms with Gasteiger partial charge in [-0.2, -0.15) is 0 Å². The lowest BCUT2D eigenvalue weighted by Gasteiger charge is -2.36. The fourth-order valence-electron chi connectivity index (χ4n) is 3.83. The number of nitrogens with zero attached hydrogens (tertiary/aromatic N) is 1. The van der Waals surface area contributed by atoms with Crippen LogP contribution in [0.4, 0.5) is 5.69 Å². The molecule has 0 aliphatic heterocycles. The van der Waals surface area contributed by atoms with Gasteiger partial charge in [-0.05, 0) is 70.7 Å². The van der Waals surface area contributed by atoms with Crippen LogP contribution in [0.5, 0.6) is 0 Å². The summed E-state index contributed by atoms with van der Waals surface area (Å²) in [5, 5.41) is 10.6. The molecule has 0 spiro atoms. The van der Waals surface area contributed by atoms with E-state index in [4.69, 9.17) is 27.9 Å². The number of carbonyl (C=O) groups excluding carboxylic acids is 1. The van der Waals surface area contributed by atoms with Crippen LogP contribution in [-0.2, 0) is 4.74 Å². The van der Waals surface area contributed by atoms with E-state index in [0.717, 1.165) is 24.2 Å². The topological polar surface area (TPSA) is 66.8 Å².